The number of esters is 1. The van der Waals surface area contributed by atoms with Gasteiger partial charge in [0.05, 0.1) is 12.5 Å². The van der Waals surface area contributed by atoms with Crippen LogP contribution in [0.3, 0.4) is 0 Å². The third-order valence-electron chi connectivity index (χ3n) is 5.28. The first-order valence-electron chi connectivity index (χ1n) is 9.16. The summed E-state index contributed by atoms with van der Waals surface area (Å²) in [5, 5.41) is 0. The van der Waals surface area contributed by atoms with Crippen LogP contribution in [0, 0.1) is 0 Å². The van der Waals surface area contributed by atoms with Crippen molar-refractivity contribution in [3.8, 4) is 5.75 Å². The molecule has 3 rings (SSSR count). The van der Waals surface area contributed by atoms with Gasteiger partial charge < -0.3 is 14.4 Å². The molecule has 1 aliphatic heterocycles. The van der Waals surface area contributed by atoms with Crippen molar-refractivity contribution in [1.82, 2.24) is 4.90 Å². The second-order valence-corrected chi connectivity index (χ2v) is 6.88. The summed E-state index contributed by atoms with van der Waals surface area (Å²) in [5.41, 5.74) is 1.11. The molecule has 0 saturated carbocycles. The molecule has 1 saturated heterocycles. The number of nitrogens with zero attached hydrogens (tertiary/aromatic N) is 1. The third kappa shape index (κ3) is 4.13. The number of hydrogen-bond donors (Lipinski definition) is 0. The van der Waals surface area contributed by atoms with Gasteiger partial charge in [-0.2, -0.15) is 0 Å². The van der Waals surface area contributed by atoms with Crippen LogP contribution in [0.15, 0.2) is 54.6 Å². The molecule has 0 bridgehead atoms. The zero-order valence-electron chi connectivity index (χ0n) is 15.8. The lowest BCUT2D eigenvalue weighted by atomic mass is 9.72. The molecule has 0 atom stereocenters. The fraction of sp³-hybridized carbons (Fsp3) is 0.364. The van der Waals surface area contributed by atoms with E-state index in [0.717, 1.165) is 16.9 Å². The maximum absolute atomic E-state index is 13.2. The zero-order valence-corrected chi connectivity index (χ0v) is 15.8. The summed E-state index contributed by atoms with van der Waals surface area (Å²) in [6.07, 6.45) is 1.13. The molecule has 0 aromatic heterocycles. The minimum Gasteiger partial charge on any atom is -0.497 e. The smallest absolute Gasteiger partial charge is 0.317 e. The first-order chi connectivity index (χ1) is 13.0. The van der Waals surface area contributed by atoms with E-state index in [0.29, 0.717) is 25.9 Å². The van der Waals surface area contributed by atoms with E-state index in [9.17, 15) is 9.59 Å². The average Bonchev–Trinajstić information content (AvgIpc) is 2.72. The number of benzene rings is 2. The van der Waals surface area contributed by atoms with Crippen LogP contribution in [0.4, 0.5) is 0 Å². The van der Waals surface area contributed by atoms with E-state index in [4.69, 9.17) is 9.47 Å². The SMILES string of the molecule is COc1cccc(COC(=O)C2(c3ccccc3)CCN(C(C)=O)CC2)c1. The van der Waals surface area contributed by atoms with Gasteiger partial charge in [-0.05, 0) is 36.1 Å². The van der Waals surface area contributed by atoms with Crippen LogP contribution in [0.25, 0.3) is 0 Å². The Morgan fingerprint density at radius 1 is 1.04 bits per heavy atom. The van der Waals surface area contributed by atoms with Crippen molar-refractivity contribution in [1.29, 1.82) is 0 Å². The van der Waals surface area contributed by atoms with Gasteiger partial charge in [0.25, 0.3) is 0 Å². The Morgan fingerprint density at radius 2 is 1.74 bits per heavy atom. The van der Waals surface area contributed by atoms with Gasteiger partial charge in [0, 0.05) is 20.0 Å². The van der Waals surface area contributed by atoms with Crippen molar-refractivity contribution in [2.24, 2.45) is 0 Å². The lowest BCUT2D eigenvalue weighted by molar-refractivity contribution is -0.155. The number of ether oxygens (including phenoxy) is 2. The largest absolute Gasteiger partial charge is 0.497 e. The number of carbonyl (C=O) groups excluding carboxylic acids is 2. The maximum atomic E-state index is 13.2. The van der Waals surface area contributed by atoms with E-state index in [2.05, 4.69) is 0 Å². The number of likely N-dealkylation sites (tertiary alicyclic amines) is 1. The summed E-state index contributed by atoms with van der Waals surface area (Å²) in [7, 11) is 1.61. The number of hydrogen-bond acceptors (Lipinski definition) is 4. The number of amides is 1. The molecule has 2 aromatic rings. The van der Waals surface area contributed by atoms with Crippen LogP contribution in [0.1, 0.15) is 30.9 Å². The van der Waals surface area contributed by atoms with Crippen molar-refractivity contribution in [2.75, 3.05) is 20.2 Å². The van der Waals surface area contributed by atoms with Crippen molar-refractivity contribution in [2.45, 2.75) is 31.8 Å². The maximum Gasteiger partial charge on any atom is 0.317 e. The second kappa shape index (κ2) is 8.25. The molecule has 1 fully saturated rings. The minimum atomic E-state index is -0.716. The topological polar surface area (TPSA) is 55.8 Å². The van der Waals surface area contributed by atoms with E-state index in [1.165, 1.54) is 0 Å². The van der Waals surface area contributed by atoms with E-state index in [1.54, 1.807) is 18.9 Å². The van der Waals surface area contributed by atoms with Gasteiger partial charge in [-0.3, -0.25) is 9.59 Å². The van der Waals surface area contributed by atoms with Crippen LogP contribution in [-0.2, 0) is 26.3 Å². The van der Waals surface area contributed by atoms with Crippen LogP contribution in [0.5, 0.6) is 5.75 Å². The third-order valence-corrected chi connectivity index (χ3v) is 5.28. The standard InChI is InChI=1S/C22H25NO4/c1-17(24)23-13-11-22(12-14-23,19-8-4-3-5-9-19)21(25)27-16-18-7-6-10-20(15-18)26-2/h3-10,15H,11-14,16H2,1-2H3. The monoisotopic (exact) mass is 367 g/mol. The number of methoxy groups -OCH3 is 1. The molecule has 0 N–H and O–H groups in total. The molecular weight excluding hydrogens is 342 g/mol. The summed E-state index contributed by atoms with van der Waals surface area (Å²) in [6, 6.07) is 17.2. The van der Waals surface area contributed by atoms with Crippen molar-refractivity contribution < 1.29 is 19.1 Å². The van der Waals surface area contributed by atoms with Crippen molar-refractivity contribution >= 4 is 11.9 Å². The summed E-state index contributed by atoms with van der Waals surface area (Å²) in [6.45, 7) is 2.87. The Labute approximate surface area is 159 Å². The highest BCUT2D eigenvalue weighted by Crippen LogP contribution is 2.37. The van der Waals surface area contributed by atoms with E-state index in [-0.39, 0.29) is 18.5 Å². The van der Waals surface area contributed by atoms with E-state index in [1.807, 2.05) is 54.6 Å². The molecule has 0 radical (unpaired) electrons. The van der Waals surface area contributed by atoms with Gasteiger partial charge in [0.2, 0.25) is 5.91 Å². The molecule has 1 aliphatic rings. The molecule has 5 heteroatoms. The van der Waals surface area contributed by atoms with Gasteiger partial charge in [-0.1, -0.05) is 42.5 Å². The fourth-order valence-electron chi connectivity index (χ4n) is 3.62. The summed E-state index contributed by atoms with van der Waals surface area (Å²) < 4.78 is 10.9. The molecule has 5 nitrogen and oxygen atoms in total. The van der Waals surface area contributed by atoms with Crippen LogP contribution in [0.2, 0.25) is 0 Å². The predicted molar refractivity (Wildman–Crippen MR) is 102 cm³/mol. The number of carbonyl (C=O) groups is 2. The molecule has 0 aliphatic carbocycles. The van der Waals surface area contributed by atoms with Crippen molar-refractivity contribution in [3.05, 3.63) is 65.7 Å². The Bertz CT molecular complexity index is 795. The van der Waals surface area contributed by atoms with Gasteiger partial charge in [-0.25, -0.2) is 0 Å². The summed E-state index contributed by atoms with van der Waals surface area (Å²) >= 11 is 0. The highest BCUT2D eigenvalue weighted by atomic mass is 16.5. The van der Waals surface area contributed by atoms with Gasteiger partial charge in [0.1, 0.15) is 12.4 Å². The molecule has 27 heavy (non-hydrogen) atoms. The normalized spacial score (nSPS) is 15.9. The molecule has 2 aromatic carbocycles. The first kappa shape index (κ1) is 19.0. The fourth-order valence-corrected chi connectivity index (χ4v) is 3.62. The highest BCUT2D eigenvalue weighted by molar-refractivity contribution is 5.84. The Kier molecular flexibility index (Phi) is 5.79. The number of rotatable bonds is 5. The number of piperidine rings is 1. The van der Waals surface area contributed by atoms with Gasteiger partial charge in [0.15, 0.2) is 0 Å². The van der Waals surface area contributed by atoms with Crippen LogP contribution in [-0.4, -0.2) is 37.0 Å². The first-order valence-corrected chi connectivity index (χ1v) is 9.16. The minimum absolute atomic E-state index is 0.0430. The van der Waals surface area contributed by atoms with Gasteiger partial charge in [-0.15, -0.1) is 0 Å². The molecule has 0 spiro atoms. The predicted octanol–water partition coefficient (Wildman–Crippen LogP) is 3.32. The lowest BCUT2D eigenvalue weighted by Gasteiger charge is -2.40. The van der Waals surface area contributed by atoms with Crippen LogP contribution >= 0.6 is 0 Å². The summed E-state index contributed by atoms with van der Waals surface area (Å²) in [5.74, 6) is 0.539. The second-order valence-electron chi connectivity index (χ2n) is 6.88. The molecule has 142 valence electrons. The highest BCUT2D eigenvalue weighted by Gasteiger charge is 2.44. The quantitative estimate of drug-likeness (QED) is 0.761. The van der Waals surface area contributed by atoms with Crippen molar-refractivity contribution in [3.63, 3.8) is 0 Å². The van der Waals surface area contributed by atoms with E-state index >= 15 is 0 Å². The molecule has 1 heterocycles. The average molecular weight is 367 g/mol. The Hall–Kier alpha value is -2.82. The Morgan fingerprint density at radius 3 is 2.37 bits per heavy atom. The molecular formula is C22H25NO4. The molecule has 0 unspecified atom stereocenters. The zero-order chi connectivity index (χ0) is 19.3. The van der Waals surface area contributed by atoms with E-state index < -0.39 is 5.41 Å². The molecule has 1 amide bonds. The summed E-state index contributed by atoms with van der Waals surface area (Å²) in [4.78, 5) is 26.6. The van der Waals surface area contributed by atoms with Gasteiger partial charge >= 0.3 is 5.97 Å². The van der Waals surface area contributed by atoms with Crippen LogP contribution < -0.4 is 4.74 Å². The Balaban J connectivity index is 1.78. The lowest BCUT2D eigenvalue weighted by Crippen LogP contribution is -2.49.